The van der Waals surface area contributed by atoms with Gasteiger partial charge in [0.15, 0.2) is 11.6 Å². The molecule has 2 unspecified atom stereocenters. The summed E-state index contributed by atoms with van der Waals surface area (Å²) in [6, 6.07) is 4.16. The van der Waals surface area contributed by atoms with Crippen molar-refractivity contribution < 1.29 is 17.9 Å². The van der Waals surface area contributed by atoms with Crippen LogP contribution >= 0.6 is 0 Å². The zero-order valence-corrected chi connectivity index (χ0v) is 17.4. The lowest BCUT2D eigenvalue weighted by molar-refractivity contribution is -0.120. The molecular formula is C26H35F2NO. The van der Waals surface area contributed by atoms with Crippen LogP contribution in [0.4, 0.5) is 8.78 Å². The lowest BCUT2D eigenvalue weighted by Crippen LogP contribution is -2.26. The van der Waals surface area contributed by atoms with E-state index in [4.69, 9.17) is 4.99 Å². The fourth-order valence-corrected chi connectivity index (χ4v) is 5.08. The van der Waals surface area contributed by atoms with E-state index in [0.717, 1.165) is 51.0 Å². The highest BCUT2D eigenvalue weighted by Gasteiger charge is 2.29. The van der Waals surface area contributed by atoms with Crippen molar-refractivity contribution in [3.05, 3.63) is 71.0 Å². The maximum absolute atomic E-state index is 13.8. The standard InChI is InChI=1S/C26H29F2NO.3H2/c27-24-12-4-8-20(25(24)28)13-14-22(30)17-18-6-3-9-21(16-18)26-23-11-2-1-7-19(23)10-5-15-29-26;;;/h2,4-5,8,11-12,15,18,21H,1,3,6-7,9-10,13-14,16-17H2;3*1H. The molecule has 0 aromatic heterocycles. The Hall–Kier alpha value is -2.36. The van der Waals surface area contributed by atoms with Crippen molar-refractivity contribution in [1.82, 2.24) is 0 Å². The number of aliphatic imine (C=N–C) groups is 1. The van der Waals surface area contributed by atoms with Crippen LogP contribution in [0.15, 0.2) is 58.8 Å². The van der Waals surface area contributed by atoms with Gasteiger partial charge in [0.1, 0.15) is 5.78 Å². The van der Waals surface area contributed by atoms with Gasteiger partial charge < -0.3 is 0 Å². The van der Waals surface area contributed by atoms with Gasteiger partial charge in [0.05, 0.1) is 5.71 Å². The molecule has 4 heteroatoms. The molecule has 1 aliphatic heterocycles. The van der Waals surface area contributed by atoms with Crippen molar-refractivity contribution >= 4 is 11.5 Å². The van der Waals surface area contributed by atoms with Gasteiger partial charge in [-0.2, -0.15) is 0 Å². The van der Waals surface area contributed by atoms with Crippen molar-refractivity contribution in [2.75, 3.05) is 0 Å². The third-order valence-electron chi connectivity index (χ3n) is 6.63. The van der Waals surface area contributed by atoms with Gasteiger partial charge in [-0.3, -0.25) is 9.79 Å². The van der Waals surface area contributed by atoms with Gasteiger partial charge in [-0.25, -0.2) is 8.78 Å². The minimum absolute atomic E-state index is 0. The predicted molar refractivity (Wildman–Crippen MR) is 123 cm³/mol. The summed E-state index contributed by atoms with van der Waals surface area (Å²) in [5.41, 5.74) is 4.30. The van der Waals surface area contributed by atoms with Gasteiger partial charge in [0.25, 0.3) is 0 Å². The molecule has 4 rings (SSSR count). The molecule has 0 saturated heterocycles. The molecular weight excluding hydrogens is 380 g/mol. The first kappa shape index (κ1) is 20.9. The average molecular weight is 416 g/mol. The van der Waals surface area contributed by atoms with E-state index in [1.807, 2.05) is 6.20 Å². The van der Waals surface area contributed by atoms with Crippen LogP contribution in [0.1, 0.15) is 67.6 Å². The second-order valence-corrected chi connectivity index (χ2v) is 8.75. The lowest BCUT2D eigenvalue weighted by atomic mass is 9.74. The van der Waals surface area contributed by atoms with E-state index in [1.165, 1.54) is 22.9 Å². The van der Waals surface area contributed by atoms with E-state index in [1.54, 1.807) is 6.07 Å². The van der Waals surface area contributed by atoms with Crippen molar-refractivity contribution in [1.29, 1.82) is 0 Å². The normalized spacial score (nSPS) is 23.7. The predicted octanol–water partition coefficient (Wildman–Crippen LogP) is 7.41. The van der Waals surface area contributed by atoms with Gasteiger partial charge in [-0.05, 0) is 68.1 Å². The summed E-state index contributed by atoms with van der Waals surface area (Å²) in [6.07, 6.45) is 17.1. The van der Waals surface area contributed by atoms with Gasteiger partial charge >= 0.3 is 0 Å². The molecule has 0 N–H and O–H groups in total. The number of hydrogen-bond donors (Lipinski definition) is 0. The Bertz CT molecular complexity index is 939. The SMILES string of the molecule is O=C(CCc1cccc(F)c1F)CC1CCCC(C2=NC=CCC3=C2C=CCC3)C1.[HH].[HH].[HH]. The molecule has 30 heavy (non-hydrogen) atoms. The maximum atomic E-state index is 13.8. The van der Waals surface area contributed by atoms with Crippen LogP contribution in [0.5, 0.6) is 0 Å². The number of nitrogens with zero attached hydrogens (tertiary/aromatic N) is 1. The molecule has 0 amide bonds. The van der Waals surface area contributed by atoms with E-state index in [-0.39, 0.29) is 28.5 Å². The summed E-state index contributed by atoms with van der Waals surface area (Å²) >= 11 is 0. The van der Waals surface area contributed by atoms with Gasteiger partial charge in [-0.1, -0.05) is 42.4 Å². The van der Waals surface area contributed by atoms with Crippen LogP contribution < -0.4 is 0 Å². The van der Waals surface area contributed by atoms with Gasteiger partial charge in [-0.15, -0.1) is 0 Å². The molecule has 1 aromatic rings. The Morgan fingerprint density at radius 1 is 1.20 bits per heavy atom. The smallest absolute Gasteiger partial charge is 0.162 e. The fourth-order valence-electron chi connectivity index (χ4n) is 5.08. The molecule has 1 aromatic carbocycles. The van der Waals surface area contributed by atoms with E-state index in [0.29, 0.717) is 18.3 Å². The Labute approximate surface area is 181 Å². The zero-order chi connectivity index (χ0) is 20.9. The first-order valence-electron chi connectivity index (χ1n) is 11.2. The molecule has 0 radical (unpaired) electrons. The third kappa shape index (κ3) is 4.85. The number of rotatable bonds is 6. The number of halogens is 2. The number of benzene rings is 1. The van der Waals surface area contributed by atoms with Crippen LogP contribution in [-0.4, -0.2) is 11.5 Å². The molecule has 1 heterocycles. The molecule has 3 aliphatic rings. The summed E-state index contributed by atoms with van der Waals surface area (Å²) < 4.78 is 27.2. The number of aryl methyl sites for hydroxylation is 1. The maximum Gasteiger partial charge on any atom is 0.162 e. The Kier molecular flexibility index (Phi) is 6.71. The molecule has 1 saturated carbocycles. The lowest BCUT2D eigenvalue weighted by Gasteiger charge is -2.31. The summed E-state index contributed by atoms with van der Waals surface area (Å²) in [5, 5.41) is 0. The van der Waals surface area contributed by atoms with Gasteiger partial charge in [0, 0.05) is 29.2 Å². The van der Waals surface area contributed by atoms with E-state index >= 15 is 0 Å². The van der Waals surface area contributed by atoms with Crippen molar-refractivity contribution in [3.63, 3.8) is 0 Å². The highest BCUT2D eigenvalue weighted by Crippen LogP contribution is 2.37. The molecule has 1 fully saturated rings. The first-order valence-corrected chi connectivity index (χ1v) is 11.2. The Morgan fingerprint density at radius 2 is 2.10 bits per heavy atom. The van der Waals surface area contributed by atoms with E-state index in [9.17, 15) is 13.6 Å². The molecule has 0 bridgehead atoms. The highest BCUT2D eigenvalue weighted by molar-refractivity contribution is 6.05. The Balaban J connectivity index is 0.00000181. The Morgan fingerprint density at radius 3 is 3.00 bits per heavy atom. The van der Waals surface area contributed by atoms with Crippen molar-refractivity contribution in [2.45, 2.75) is 64.2 Å². The van der Waals surface area contributed by atoms with Crippen LogP contribution in [0.25, 0.3) is 0 Å². The quantitative estimate of drug-likeness (QED) is 0.476. The molecule has 2 atom stereocenters. The monoisotopic (exact) mass is 415 g/mol. The number of carbonyl (C=O) groups excluding carboxylic acids is 1. The molecule has 0 spiro atoms. The highest BCUT2D eigenvalue weighted by atomic mass is 19.2. The summed E-state index contributed by atoms with van der Waals surface area (Å²) in [6.45, 7) is 0. The van der Waals surface area contributed by atoms with Crippen LogP contribution in [0.3, 0.4) is 0 Å². The molecule has 2 nitrogen and oxygen atoms in total. The number of hydrogen-bond acceptors (Lipinski definition) is 2. The van der Waals surface area contributed by atoms with E-state index in [2.05, 4.69) is 18.2 Å². The average Bonchev–Trinajstić information content (AvgIpc) is 2.97. The van der Waals surface area contributed by atoms with E-state index < -0.39 is 11.6 Å². The molecule has 2 aliphatic carbocycles. The second-order valence-electron chi connectivity index (χ2n) is 8.75. The zero-order valence-electron chi connectivity index (χ0n) is 17.4. The minimum Gasteiger partial charge on any atom is -0.300 e. The molecule has 164 valence electrons. The minimum atomic E-state index is -0.848. The first-order chi connectivity index (χ1) is 14.6. The third-order valence-corrected chi connectivity index (χ3v) is 6.63. The largest absolute Gasteiger partial charge is 0.300 e. The summed E-state index contributed by atoms with van der Waals surface area (Å²) in [7, 11) is 0. The van der Waals surface area contributed by atoms with Crippen LogP contribution in [-0.2, 0) is 11.2 Å². The van der Waals surface area contributed by atoms with Crippen LogP contribution in [0.2, 0.25) is 0 Å². The summed E-state index contributed by atoms with van der Waals surface area (Å²) in [4.78, 5) is 17.4. The fraction of sp³-hybridized carbons (Fsp3) is 0.462. The topological polar surface area (TPSA) is 29.4 Å². The van der Waals surface area contributed by atoms with Crippen molar-refractivity contribution in [3.8, 4) is 0 Å². The van der Waals surface area contributed by atoms with Crippen LogP contribution in [0, 0.1) is 23.5 Å². The number of ketones is 1. The van der Waals surface area contributed by atoms with Crippen molar-refractivity contribution in [2.24, 2.45) is 16.8 Å². The second kappa shape index (κ2) is 9.63. The number of Topliss-reactive ketones (excluding diaryl/α,β-unsaturated/α-hetero) is 1. The number of allylic oxidation sites excluding steroid dienone is 5. The van der Waals surface area contributed by atoms with Gasteiger partial charge in [0.2, 0.25) is 0 Å². The summed E-state index contributed by atoms with van der Waals surface area (Å²) in [5.74, 6) is -0.789. The number of carbonyl (C=O) groups is 1.